The molecule has 2 rings (SSSR count). The molecule has 1 aromatic carbocycles. The summed E-state index contributed by atoms with van der Waals surface area (Å²) in [5, 5.41) is 3.24. The van der Waals surface area contributed by atoms with Gasteiger partial charge in [-0.15, -0.1) is 0 Å². The third-order valence-electron chi connectivity index (χ3n) is 3.93. The normalized spacial score (nSPS) is 18.4. The van der Waals surface area contributed by atoms with Crippen LogP contribution in [0.2, 0.25) is 0 Å². The summed E-state index contributed by atoms with van der Waals surface area (Å²) in [6.45, 7) is 3.41. The summed E-state index contributed by atoms with van der Waals surface area (Å²) in [4.78, 5) is 14.3. The Morgan fingerprint density at radius 1 is 1.42 bits per heavy atom. The van der Waals surface area contributed by atoms with Crippen molar-refractivity contribution < 1.29 is 9.18 Å². The van der Waals surface area contributed by atoms with Crippen LogP contribution in [0.4, 0.5) is 4.39 Å². The van der Waals surface area contributed by atoms with Gasteiger partial charge in [-0.1, -0.05) is 12.1 Å². The Hall–Kier alpha value is -1.42. The Bertz CT molecular complexity index is 442. The van der Waals surface area contributed by atoms with Gasteiger partial charge in [-0.05, 0) is 44.5 Å². The molecule has 4 heteroatoms. The molecule has 0 spiro atoms. The first-order valence-corrected chi connectivity index (χ1v) is 6.83. The summed E-state index contributed by atoms with van der Waals surface area (Å²) in [6, 6.07) is 6.82. The van der Waals surface area contributed by atoms with Crippen molar-refractivity contribution in [3.63, 3.8) is 0 Å². The molecule has 0 aromatic heterocycles. The summed E-state index contributed by atoms with van der Waals surface area (Å²) in [5.74, 6) is -0.465. The van der Waals surface area contributed by atoms with Crippen LogP contribution in [0, 0.1) is 5.82 Å². The predicted molar refractivity (Wildman–Crippen MR) is 73.5 cm³/mol. The molecule has 1 fully saturated rings. The molecule has 1 heterocycles. The van der Waals surface area contributed by atoms with Crippen LogP contribution >= 0.6 is 0 Å². The van der Waals surface area contributed by atoms with Crippen molar-refractivity contribution in [3.8, 4) is 0 Å². The number of carbonyl (C=O) groups is 1. The Balaban J connectivity index is 2.00. The first kappa shape index (κ1) is 14.0. The van der Waals surface area contributed by atoms with Crippen molar-refractivity contribution in [2.75, 3.05) is 20.1 Å². The van der Waals surface area contributed by atoms with Crippen LogP contribution in [0.15, 0.2) is 24.3 Å². The lowest BCUT2D eigenvalue weighted by molar-refractivity contribution is -0.133. The Labute approximate surface area is 113 Å². The summed E-state index contributed by atoms with van der Waals surface area (Å²) >= 11 is 0. The zero-order valence-electron chi connectivity index (χ0n) is 11.5. The number of hydrogen-bond donors (Lipinski definition) is 1. The van der Waals surface area contributed by atoms with Gasteiger partial charge in [0.15, 0.2) is 0 Å². The smallest absolute Gasteiger partial charge is 0.229 e. The fourth-order valence-corrected chi connectivity index (χ4v) is 2.58. The van der Waals surface area contributed by atoms with Crippen LogP contribution in [0.25, 0.3) is 0 Å². The van der Waals surface area contributed by atoms with E-state index in [1.54, 1.807) is 6.07 Å². The second-order valence-corrected chi connectivity index (χ2v) is 5.16. The number of nitrogens with zero attached hydrogens (tertiary/aromatic N) is 1. The number of carbonyl (C=O) groups excluding carboxylic acids is 1. The van der Waals surface area contributed by atoms with Crippen LogP contribution in [0.1, 0.15) is 31.2 Å². The molecule has 1 unspecified atom stereocenters. The van der Waals surface area contributed by atoms with Gasteiger partial charge in [-0.2, -0.15) is 0 Å². The number of nitrogens with one attached hydrogen (secondary N) is 1. The van der Waals surface area contributed by atoms with Crippen molar-refractivity contribution in [2.24, 2.45) is 0 Å². The van der Waals surface area contributed by atoms with E-state index in [0.29, 0.717) is 6.04 Å². The highest BCUT2D eigenvalue weighted by Gasteiger charge is 2.26. The second kappa shape index (κ2) is 6.15. The van der Waals surface area contributed by atoms with E-state index in [9.17, 15) is 9.18 Å². The van der Waals surface area contributed by atoms with Crippen molar-refractivity contribution in [2.45, 2.75) is 31.7 Å². The lowest BCUT2D eigenvalue weighted by Crippen LogP contribution is -2.45. The first-order valence-electron chi connectivity index (χ1n) is 6.83. The maximum Gasteiger partial charge on any atom is 0.229 e. The van der Waals surface area contributed by atoms with E-state index in [1.165, 1.54) is 12.1 Å². The predicted octanol–water partition coefficient (Wildman–Crippen LogP) is 2.14. The molecule has 1 N–H and O–H groups in total. The maximum atomic E-state index is 13.2. The van der Waals surface area contributed by atoms with Gasteiger partial charge in [-0.25, -0.2) is 4.39 Å². The monoisotopic (exact) mass is 264 g/mol. The summed E-state index contributed by atoms with van der Waals surface area (Å²) < 4.78 is 13.2. The van der Waals surface area contributed by atoms with Crippen molar-refractivity contribution >= 4 is 5.91 Å². The Kier molecular flexibility index (Phi) is 4.53. The molecule has 3 nitrogen and oxygen atoms in total. The summed E-state index contributed by atoms with van der Waals surface area (Å²) in [7, 11) is 1.96. The number of benzene rings is 1. The SMILES string of the molecule is CNC1CCN(C(=O)C(C)c2cccc(F)c2)CC1. The van der Waals surface area contributed by atoms with Crippen molar-refractivity contribution in [3.05, 3.63) is 35.6 Å². The van der Waals surface area contributed by atoms with E-state index >= 15 is 0 Å². The van der Waals surface area contributed by atoms with Crippen molar-refractivity contribution in [1.29, 1.82) is 0 Å². The number of halogens is 1. The van der Waals surface area contributed by atoms with Crippen LogP contribution in [-0.2, 0) is 4.79 Å². The van der Waals surface area contributed by atoms with E-state index < -0.39 is 0 Å². The van der Waals surface area contributed by atoms with Gasteiger partial charge >= 0.3 is 0 Å². The minimum Gasteiger partial charge on any atom is -0.342 e. The average molecular weight is 264 g/mol. The molecule has 1 atom stereocenters. The van der Waals surface area contributed by atoms with E-state index in [4.69, 9.17) is 0 Å². The second-order valence-electron chi connectivity index (χ2n) is 5.16. The first-order chi connectivity index (χ1) is 9.11. The van der Waals surface area contributed by atoms with Gasteiger partial charge < -0.3 is 10.2 Å². The van der Waals surface area contributed by atoms with E-state index in [1.807, 2.05) is 24.9 Å². The molecule has 1 aliphatic heterocycles. The zero-order chi connectivity index (χ0) is 13.8. The third-order valence-corrected chi connectivity index (χ3v) is 3.93. The van der Waals surface area contributed by atoms with Gasteiger partial charge in [0, 0.05) is 19.1 Å². The molecule has 1 aliphatic rings. The topological polar surface area (TPSA) is 32.3 Å². The quantitative estimate of drug-likeness (QED) is 0.907. The average Bonchev–Trinajstić information content (AvgIpc) is 2.46. The molecular weight excluding hydrogens is 243 g/mol. The summed E-state index contributed by atoms with van der Waals surface area (Å²) in [5.41, 5.74) is 0.751. The highest BCUT2D eigenvalue weighted by atomic mass is 19.1. The molecule has 1 aromatic rings. The largest absolute Gasteiger partial charge is 0.342 e. The standard InChI is InChI=1S/C15H21FN2O/c1-11(12-4-3-5-13(16)10-12)15(19)18-8-6-14(17-2)7-9-18/h3-5,10-11,14,17H,6-9H2,1-2H3. The summed E-state index contributed by atoms with van der Waals surface area (Å²) in [6.07, 6.45) is 1.97. The van der Waals surface area contributed by atoms with Crippen molar-refractivity contribution in [1.82, 2.24) is 10.2 Å². The van der Waals surface area contributed by atoms with Gasteiger partial charge in [-0.3, -0.25) is 4.79 Å². The number of amides is 1. The lowest BCUT2D eigenvalue weighted by atomic mass is 9.97. The minimum absolute atomic E-state index is 0.0974. The highest BCUT2D eigenvalue weighted by molar-refractivity contribution is 5.83. The van der Waals surface area contributed by atoms with Gasteiger partial charge in [0.25, 0.3) is 0 Å². The molecule has 0 radical (unpaired) electrons. The molecule has 0 saturated carbocycles. The number of piperidine rings is 1. The molecule has 1 saturated heterocycles. The molecule has 0 aliphatic carbocycles. The van der Waals surface area contributed by atoms with Crippen LogP contribution in [0.5, 0.6) is 0 Å². The van der Waals surface area contributed by atoms with Gasteiger partial charge in [0.05, 0.1) is 5.92 Å². The Morgan fingerprint density at radius 3 is 2.68 bits per heavy atom. The van der Waals surface area contributed by atoms with Crippen LogP contribution < -0.4 is 5.32 Å². The minimum atomic E-state index is -0.286. The zero-order valence-corrected chi connectivity index (χ0v) is 11.5. The fraction of sp³-hybridized carbons (Fsp3) is 0.533. The number of likely N-dealkylation sites (tertiary alicyclic amines) is 1. The molecule has 19 heavy (non-hydrogen) atoms. The van der Waals surface area contributed by atoms with Gasteiger partial charge in [0.2, 0.25) is 5.91 Å². The highest BCUT2D eigenvalue weighted by Crippen LogP contribution is 2.21. The molecular formula is C15H21FN2O. The van der Waals surface area contributed by atoms with Crippen LogP contribution in [-0.4, -0.2) is 37.0 Å². The third kappa shape index (κ3) is 3.32. The van der Waals surface area contributed by atoms with E-state index in [0.717, 1.165) is 31.5 Å². The van der Waals surface area contributed by atoms with E-state index in [-0.39, 0.29) is 17.6 Å². The fourth-order valence-electron chi connectivity index (χ4n) is 2.58. The van der Waals surface area contributed by atoms with Gasteiger partial charge in [0.1, 0.15) is 5.82 Å². The number of rotatable bonds is 3. The molecule has 0 bridgehead atoms. The van der Waals surface area contributed by atoms with Crippen LogP contribution in [0.3, 0.4) is 0 Å². The molecule has 104 valence electrons. The molecule has 1 amide bonds. The Morgan fingerprint density at radius 2 is 2.11 bits per heavy atom. The lowest BCUT2D eigenvalue weighted by Gasteiger charge is -2.33. The number of hydrogen-bond acceptors (Lipinski definition) is 2. The van der Waals surface area contributed by atoms with E-state index in [2.05, 4.69) is 5.32 Å². The maximum absolute atomic E-state index is 13.2.